The highest BCUT2D eigenvalue weighted by Crippen LogP contribution is 2.30. The van der Waals surface area contributed by atoms with Crippen molar-refractivity contribution in [3.05, 3.63) is 76.5 Å². The molecule has 0 aliphatic heterocycles. The average molecular weight is 506 g/mol. The first-order valence-corrected chi connectivity index (χ1v) is 12.9. The summed E-state index contributed by atoms with van der Waals surface area (Å²) in [5, 5.41) is 6.59. The van der Waals surface area contributed by atoms with Gasteiger partial charge in [0.05, 0.1) is 0 Å². The number of allylic oxidation sites excluding steroid dienone is 3. The number of carbonyl (C=O) groups excluding carboxylic acids is 1. The quantitative estimate of drug-likeness (QED) is 0.198. The molecule has 6 heteroatoms. The zero-order valence-electron chi connectivity index (χ0n) is 24.2. The molecule has 1 aliphatic rings. The average Bonchev–Trinajstić information content (AvgIpc) is 2.96. The standard InChI is InChI=1S/C25H25N3O3.3C2H6/c1-17-15-19(22(16-18(17)2)24(28-30-4)25(29)26-3)13-14-20-9-8-12-23(27-20)31-21-10-6-5-7-11-21;3*1-2/h5-12H,15-16H2,1-4H3,(H,26,29);3*1-2H3/b28-24-;;;. The number of hydrogen-bond donors (Lipinski definition) is 1. The maximum absolute atomic E-state index is 12.4. The van der Waals surface area contributed by atoms with Crippen molar-refractivity contribution in [3.8, 4) is 23.5 Å². The molecule has 2 aromatic rings. The van der Waals surface area contributed by atoms with Gasteiger partial charge in [-0.1, -0.05) is 88.0 Å². The Labute approximate surface area is 223 Å². The van der Waals surface area contributed by atoms with Crippen LogP contribution < -0.4 is 10.1 Å². The van der Waals surface area contributed by atoms with E-state index in [9.17, 15) is 4.79 Å². The smallest absolute Gasteiger partial charge is 0.273 e. The second-order valence-electron chi connectivity index (χ2n) is 7.10. The number of oxime groups is 1. The van der Waals surface area contributed by atoms with Gasteiger partial charge in [-0.25, -0.2) is 4.98 Å². The van der Waals surface area contributed by atoms with Crippen molar-refractivity contribution in [3.63, 3.8) is 0 Å². The molecule has 1 N–H and O–H groups in total. The number of rotatable bonds is 5. The van der Waals surface area contributed by atoms with Gasteiger partial charge in [0.25, 0.3) is 5.91 Å². The second-order valence-corrected chi connectivity index (χ2v) is 7.10. The van der Waals surface area contributed by atoms with Gasteiger partial charge in [-0.15, -0.1) is 0 Å². The molecule has 6 nitrogen and oxygen atoms in total. The second kappa shape index (κ2) is 19.4. The first kappa shape index (κ1) is 33.1. The fraction of sp³-hybridized carbons (Fsp3) is 0.387. The number of para-hydroxylation sites is 1. The third-order valence-electron chi connectivity index (χ3n) is 4.92. The summed E-state index contributed by atoms with van der Waals surface area (Å²) in [4.78, 5) is 21.8. The van der Waals surface area contributed by atoms with Crippen molar-refractivity contribution in [2.45, 2.75) is 68.2 Å². The van der Waals surface area contributed by atoms with Crippen LogP contribution in [0.15, 0.2) is 76.0 Å². The van der Waals surface area contributed by atoms with Gasteiger partial charge in [-0.2, -0.15) is 0 Å². The molecule has 1 aliphatic carbocycles. The number of hydrogen-bond acceptors (Lipinski definition) is 5. The molecule has 0 saturated carbocycles. The molecule has 3 rings (SSSR count). The highest BCUT2D eigenvalue weighted by Gasteiger charge is 2.24. The monoisotopic (exact) mass is 505 g/mol. The molecule has 0 fully saturated rings. The summed E-state index contributed by atoms with van der Waals surface area (Å²) in [5.41, 5.74) is 4.86. The van der Waals surface area contributed by atoms with Gasteiger partial charge >= 0.3 is 0 Å². The normalized spacial score (nSPS) is 12.2. The summed E-state index contributed by atoms with van der Waals surface area (Å²) in [6.07, 6.45) is 1.24. The third kappa shape index (κ3) is 10.7. The Morgan fingerprint density at radius 2 is 1.51 bits per heavy atom. The van der Waals surface area contributed by atoms with Crippen LogP contribution in [0.4, 0.5) is 0 Å². The van der Waals surface area contributed by atoms with Gasteiger partial charge in [0.15, 0.2) is 5.71 Å². The van der Waals surface area contributed by atoms with Gasteiger partial charge in [0.2, 0.25) is 5.88 Å². The van der Waals surface area contributed by atoms with Gasteiger partial charge < -0.3 is 14.9 Å². The summed E-state index contributed by atoms with van der Waals surface area (Å²) >= 11 is 0. The molecule has 0 unspecified atom stereocenters. The van der Waals surface area contributed by atoms with E-state index in [0.29, 0.717) is 30.2 Å². The molecule has 1 aromatic heterocycles. The zero-order valence-corrected chi connectivity index (χ0v) is 24.2. The first-order valence-electron chi connectivity index (χ1n) is 12.9. The lowest BCUT2D eigenvalue weighted by Crippen LogP contribution is -2.30. The fourth-order valence-corrected chi connectivity index (χ4v) is 3.13. The van der Waals surface area contributed by atoms with Crippen LogP contribution in [0.3, 0.4) is 0 Å². The van der Waals surface area contributed by atoms with Crippen molar-refractivity contribution >= 4 is 11.6 Å². The molecule has 0 radical (unpaired) electrons. The first-order chi connectivity index (χ1) is 18.0. The highest BCUT2D eigenvalue weighted by atomic mass is 16.6. The predicted octanol–water partition coefficient (Wildman–Crippen LogP) is 7.48. The maximum atomic E-state index is 12.4. The Hall–Kier alpha value is -3.85. The zero-order chi connectivity index (χ0) is 28.2. The summed E-state index contributed by atoms with van der Waals surface area (Å²) in [6, 6.07) is 14.9. The number of pyridine rings is 1. The lowest BCUT2D eigenvalue weighted by molar-refractivity contribution is -0.114. The van der Waals surface area contributed by atoms with Crippen molar-refractivity contribution in [1.82, 2.24) is 10.3 Å². The minimum absolute atomic E-state index is 0.246. The number of carbonyl (C=O) groups is 1. The molecular weight excluding hydrogens is 462 g/mol. The topological polar surface area (TPSA) is 72.8 Å². The Bertz CT molecular complexity index is 1120. The number of aromatic nitrogens is 1. The Morgan fingerprint density at radius 1 is 0.892 bits per heavy atom. The summed E-state index contributed by atoms with van der Waals surface area (Å²) in [6.45, 7) is 16.1. The molecule has 0 spiro atoms. The van der Waals surface area contributed by atoms with Gasteiger partial charge in [0, 0.05) is 30.7 Å². The van der Waals surface area contributed by atoms with Gasteiger partial charge in [-0.3, -0.25) is 4.79 Å². The van der Waals surface area contributed by atoms with E-state index >= 15 is 0 Å². The minimum Gasteiger partial charge on any atom is -0.439 e. The summed E-state index contributed by atoms with van der Waals surface area (Å²) < 4.78 is 5.79. The van der Waals surface area contributed by atoms with Crippen molar-refractivity contribution in [2.24, 2.45) is 5.16 Å². The predicted molar refractivity (Wildman–Crippen MR) is 155 cm³/mol. The van der Waals surface area contributed by atoms with Crippen LogP contribution in [0, 0.1) is 11.8 Å². The van der Waals surface area contributed by atoms with Crippen LogP contribution in [-0.4, -0.2) is 30.8 Å². The summed E-state index contributed by atoms with van der Waals surface area (Å²) in [5.74, 6) is 7.19. The van der Waals surface area contributed by atoms with E-state index in [0.717, 1.165) is 11.1 Å². The van der Waals surface area contributed by atoms with Crippen molar-refractivity contribution < 1.29 is 14.4 Å². The van der Waals surface area contributed by atoms with E-state index in [4.69, 9.17) is 9.57 Å². The van der Waals surface area contributed by atoms with E-state index in [-0.39, 0.29) is 11.6 Å². The van der Waals surface area contributed by atoms with Crippen LogP contribution in [0.5, 0.6) is 11.6 Å². The van der Waals surface area contributed by atoms with Crippen LogP contribution in [-0.2, 0) is 9.63 Å². The van der Waals surface area contributed by atoms with E-state index in [1.807, 2.05) is 84.0 Å². The SMILES string of the molecule is CC.CC.CC.CNC(=O)/C(=N\OC)C1=C(C#Cc2cccc(Oc3ccccc3)n2)CC(C)=C(C)C1. The number of amides is 1. The van der Waals surface area contributed by atoms with E-state index in [2.05, 4.69) is 41.1 Å². The van der Waals surface area contributed by atoms with Crippen molar-refractivity contribution in [1.29, 1.82) is 0 Å². The number of ether oxygens (including phenoxy) is 1. The Kier molecular flexibility index (Phi) is 17.3. The van der Waals surface area contributed by atoms with Crippen LogP contribution in [0.25, 0.3) is 0 Å². The molecule has 1 amide bonds. The largest absolute Gasteiger partial charge is 0.439 e. The Balaban J connectivity index is 0.00000201. The fourth-order valence-electron chi connectivity index (χ4n) is 3.13. The van der Waals surface area contributed by atoms with Gasteiger partial charge in [0.1, 0.15) is 18.6 Å². The minimum atomic E-state index is -0.306. The van der Waals surface area contributed by atoms with Crippen LogP contribution in [0.2, 0.25) is 0 Å². The molecule has 0 bridgehead atoms. The van der Waals surface area contributed by atoms with E-state index in [1.54, 1.807) is 13.1 Å². The molecular formula is C31H43N3O3. The Morgan fingerprint density at radius 3 is 2.11 bits per heavy atom. The lowest BCUT2D eigenvalue weighted by Gasteiger charge is -2.20. The van der Waals surface area contributed by atoms with Crippen LogP contribution in [0.1, 0.15) is 73.9 Å². The maximum Gasteiger partial charge on any atom is 0.273 e. The summed E-state index contributed by atoms with van der Waals surface area (Å²) in [7, 11) is 2.99. The molecule has 0 atom stereocenters. The highest BCUT2D eigenvalue weighted by molar-refractivity contribution is 6.45. The third-order valence-corrected chi connectivity index (χ3v) is 4.92. The van der Waals surface area contributed by atoms with Crippen LogP contribution >= 0.6 is 0 Å². The molecule has 200 valence electrons. The van der Waals surface area contributed by atoms with Crippen molar-refractivity contribution in [2.75, 3.05) is 14.2 Å². The lowest BCUT2D eigenvalue weighted by atomic mass is 9.85. The molecule has 0 saturated heterocycles. The molecule has 1 aromatic carbocycles. The van der Waals surface area contributed by atoms with Gasteiger partial charge in [-0.05, 0) is 44.4 Å². The molecule has 37 heavy (non-hydrogen) atoms. The number of benzene rings is 1. The van der Waals surface area contributed by atoms with E-state index in [1.165, 1.54) is 18.3 Å². The van der Waals surface area contributed by atoms with E-state index < -0.39 is 0 Å². The number of nitrogens with zero attached hydrogens (tertiary/aromatic N) is 2. The molecule has 1 heterocycles. The number of nitrogens with one attached hydrogen (secondary N) is 1.